The van der Waals surface area contributed by atoms with Gasteiger partial charge in [-0.25, -0.2) is 0 Å². The first-order valence-corrected chi connectivity index (χ1v) is 25.3. The largest absolute Gasteiger partial charge is 2.00 e. The smallest absolute Gasteiger partial charge is 0.665 e. The summed E-state index contributed by atoms with van der Waals surface area (Å²) in [4.78, 5) is 8.24. The molecule has 2 aliphatic carbocycles. The van der Waals surface area contributed by atoms with Gasteiger partial charge in [-0.2, -0.15) is 25.7 Å². The number of aliphatic hydroxyl groups excluding tert-OH is 1. The summed E-state index contributed by atoms with van der Waals surface area (Å²) in [5, 5.41) is 6.76. The third-order valence-corrected chi connectivity index (χ3v) is 2.63. The fourth-order valence-electron chi connectivity index (χ4n) is 1.80. The summed E-state index contributed by atoms with van der Waals surface area (Å²) in [7, 11) is 0. The van der Waals surface area contributed by atoms with Gasteiger partial charge in [-0.05, 0) is 0 Å². The molecule has 180 valence electrons. The van der Waals surface area contributed by atoms with Gasteiger partial charge in [0.1, 0.15) is 0 Å². The Hall–Kier alpha value is 7.43. The van der Waals surface area contributed by atoms with Crippen LogP contribution in [0.15, 0.2) is 0 Å². The van der Waals surface area contributed by atoms with Crippen LogP contribution in [0, 0.1) is 42.5 Å². The topological polar surface area (TPSA) is 37.3 Å². The fourth-order valence-corrected chi connectivity index (χ4v) is 1.80. The summed E-state index contributed by atoms with van der Waals surface area (Å²) in [5.74, 6) is 0. The first-order chi connectivity index (χ1) is 9.83. The molecule has 12 heteroatoms. The minimum atomic E-state index is 0. The van der Waals surface area contributed by atoms with E-state index in [2.05, 4.69) is 87.3 Å². The third-order valence-electron chi connectivity index (χ3n) is 2.63. The molecule has 0 atom stereocenters. The second kappa shape index (κ2) is 91.5. The molecule has 0 aromatic rings. The van der Waals surface area contributed by atoms with Gasteiger partial charge in [-0.1, -0.05) is 45.0 Å². The summed E-state index contributed by atoms with van der Waals surface area (Å²) in [6.07, 6.45) is 19.0. The van der Waals surface area contributed by atoms with Crippen LogP contribution >= 0.6 is 98.4 Å². The second-order valence-corrected chi connectivity index (χ2v) is 20.2. The van der Waals surface area contributed by atoms with Gasteiger partial charge < -0.3 is 52.4 Å². The van der Waals surface area contributed by atoms with E-state index in [0.29, 0.717) is 19.7 Å². The number of rotatable bonds is 0. The molecule has 2 rings (SSSR count). The molecule has 0 amide bonds. The van der Waals surface area contributed by atoms with Crippen molar-refractivity contribution in [2.45, 2.75) is 64.2 Å². The molecule has 0 heterocycles. The minimum absolute atomic E-state index is 0. The predicted molar refractivity (Wildman–Crippen MR) is 160 cm³/mol. The van der Waals surface area contributed by atoms with Gasteiger partial charge in [-0.15, -0.1) is 24.0 Å². The Labute approximate surface area is 334 Å². The molecule has 0 spiro atoms. The zero-order valence-corrected chi connectivity index (χ0v) is 42.5. The van der Waals surface area contributed by atoms with Crippen molar-refractivity contribution in [3.05, 3.63) is 42.5 Å². The van der Waals surface area contributed by atoms with Crippen LogP contribution in [0.4, 0.5) is 0 Å². The Kier molecular flexibility index (Phi) is 242. The summed E-state index contributed by atoms with van der Waals surface area (Å²) >= 11 is 9.54. The van der Waals surface area contributed by atoms with Crippen molar-refractivity contribution in [3.8, 4) is 0 Å². The maximum Gasteiger partial charge on any atom is 2.00 e. The summed E-state index contributed by atoms with van der Waals surface area (Å²) in [6.45, 7) is 0.500. The molecule has 0 aromatic heterocycles. The fraction of sp³-hybridized carbons (Fsp3) is 0.588. The molecule has 29 heavy (non-hydrogen) atoms. The molecule has 2 fully saturated rings. The quantitative estimate of drug-likeness (QED) is 0.213. The van der Waals surface area contributed by atoms with Crippen LogP contribution in [-0.4, -0.2) is 11.6 Å². The zero-order chi connectivity index (χ0) is 15.9. The maximum atomic E-state index is 8.24. The number of hydrogen-bond donors (Lipinski definition) is 1. The minimum Gasteiger partial charge on any atom is -0.665 e. The standard InChI is InChI=1S/2C6H11.CHO2.4CH3.I3.I2.HI.2W.2Y/c2*1-2-4-6-5-3-1;2-1-3;;;;;1-3-2;1-2;;;;;/h2*1H,2-6H2;(H,2,3);4*1H3;;;1H;;;;/q8*-1;;;2*+2;;. The maximum absolute atomic E-state index is 8.24. The first-order valence-electron chi connectivity index (χ1n) is 6.49. The third kappa shape index (κ3) is 105. The van der Waals surface area contributed by atoms with Crippen LogP contribution in [0.2, 0.25) is 0 Å². The van der Waals surface area contributed by atoms with Gasteiger partial charge in [0.05, 0.1) is 0 Å². The molecule has 0 saturated heterocycles. The average molecular weight is 1580 g/mol. The Morgan fingerprint density at radius 2 is 0.828 bits per heavy atom. The van der Waals surface area contributed by atoms with Crippen molar-refractivity contribution >= 4 is 105 Å². The van der Waals surface area contributed by atoms with E-state index < -0.39 is 0 Å². The van der Waals surface area contributed by atoms with Gasteiger partial charge in [0.15, 0.2) is 0 Å². The van der Waals surface area contributed by atoms with Crippen molar-refractivity contribution in [2.75, 3.05) is 0 Å². The van der Waals surface area contributed by atoms with Gasteiger partial charge in [0.2, 0.25) is 0 Å². The van der Waals surface area contributed by atoms with E-state index in [1.807, 2.05) is 0 Å². The van der Waals surface area contributed by atoms with E-state index in [0.717, 1.165) is 0 Å². The molecule has 0 unspecified atom stereocenters. The molecule has 1 N–H and O–H groups in total. The van der Waals surface area contributed by atoms with Gasteiger partial charge in [0.25, 0.3) is 0 Å². The number of halogens is 6. The van der Waals surface area contributed by atoms with Gasteiger partial charge >= 0.3 is 92.6 Å². The molecule has 2 radical (unpaired) electrons. The van der Waals surface area contributed by atoms with E-state index in [1.54, 1.807) is 0 Å². The summed E-state index contributed by atoms with van der Waals surface area (Å²) in [5.41, 5.74) is 0. The van der Waals surface area contributed by atoms with Crippen molar-refractivity contribution in [1.82, 2.24) is 0 Å². The van der Waals surface area contributed by atoms with E-state index in [9.17, 15) is 0 Å². The van der Waals surface area contributed by atoms with Crippen LogP contribution in [-0.2, 0) is 112 Å². The van der Waals surface area contributed by atoms with Crippen LogP contribution in [0.25, 0.3) is 0 Å². The molecule has 0 aliphatic heterocycles. The van der Waals surface area contributed by atoms with Crippen LogP contribution < -0.4 is 13.3 Å². The van der Waals surface area contributed by atoms with Crippen molar-refractivity contribution in [1.29, 1.82) is 0 Å². The number of hydrogen-bond acceptors (Lipinski definition) is 1. The molecule has 2 nitrogen and oxygen atoms in total. The van der Waals surface area contributed by atoms with Gasteiger partial charge in [-0.3, -0.25) is 0 Å². The van der Waals surface area contributed by atoms with E-state index >= 15 is 0 Å². The van der Waals surface area contributed by atoms with Crippen molar-refractivity contribution in [2.24, 2.45) is 0 Å². The van der Waals surface area contributed by atoms with E-state index in [-0.39, 0.29) is 161 Å². The molecular weight excluding hydrogens is 1540 g/mol. The van der Waals surface area contributed by atoms with Crippen LogP contribution in [0.5, 0.6) is 0 Å². The van der Waals surface area contributed by atoms with E-state index in [1.165, 1.54) is 64.2 Å². The Morgan fingerprint density at radius 3 is 0.862 bits per heavy atom. The van der Waals surface area contributed by atoms with E-state index in [4.69, 9.17) is 9.90 Å². The van der Waals surface area contributed by atoms with Crippen LogP contribution in [0.3, 0.4) is 0 Å². The Bertz CT molecular complexity index is 133. The van der Waals surface area contributed by atoms with Gasteiger partial charge in [0, 0.05) is 103 Å². The van der Waals surface area contributed by atoms with Crippen LogP contribution in [0.1, 0.15) is 64.2 Å². The normalized spacial score (nSPS) is 11.3. The molecule has 2 saturated carbocycles. The van der Waals surface area contributed by atoms with Crippen molar-refractivity contribution in [3.63, 3.8) is 0 Å². The molecule has 0 bridgehead atoms. The second-order valence-electron chi connectivity index (χ2n) is 4.00. The SMILES string of the molecule is I.II.I[I-]I.O=[C-]O.[CH-]1CCCCC1.[CH-]1CCCCC1.[CH3-].[CH3-].[CH3-].[CH3-].[W+2].[W+2].[Y].[Y]. The zero-order valence-electron chi connectivity index (χ0n) is 17.9. The monoisotopic (exact) mass is 1580 g/mol. The molecule has 0 aromatic carbocycles. The summed E-state index contributed by atoms with van der Waals surface area (Å²) in [6, 6.07) is 0. The first kappa shape index (κ1) is 76.6. The Morgan fingerprint density at radius 1 is 0.690 bits per heavy atom. The average Bonchev–Trinajstić information content (AvgIpc) is 2.55. The van der Waals surface area contributed by atoms with Crippen molar-refractivity contribution < 1.29 is 131 Å². The predicted octanol–water partition coefficient (Wildman–Crippen LogP) is 6.88. The Balaban J connectivity index is -0.0000000121. The summed E-state index contributed by atoms with van der Waals surface area (Å²) < 4.78 is 0. The molecular formula is C17H36I6O2W2Y2-4. The molecule has 2 aliphatic rings.